The number of rotatable bonds is 2. The van der Waals surface area contributed by atoms with Crippen LogP contribution in [0.4, 0.5) is 13.2 Å². The summed E-state index contributed by atoms with van der Waals surface area (Å²) in [6.45, 7) is 0.494. The van der Waals surface area contributed by atoms with Crippen LogP contribution in [0.5, 0.6) is 0 Å². The van der Waals surface area contributed by atoms with E-state index in [-0.39, 0.29) is 17.5 Å². The highest BCUT2D eigenvalue weighted by Crippen LogP contribution is 2.30. The van der Waals surface area contributed by atoms with Gasteiger partial charge in [-0.1, -0.05) is 0 Å². The van der Waals surface area contributed by atoms with Crippen LogP contribution in [-0.2, 0) is 16.2 Å². The van der Waals surface area contributed by atoms with Crippen molar-refractivity contribution in [2.24, 2.45) is 5.73 Å². The molecule has 0 aromatic heterocycles. The Morgan fingerprint density at radius 1 is 1.21 bits per heavy atom. The summed E-state index contributed by atoms with van der Waals surface area (Å²) in [5, 5.41) is 0. The maximum absolute atomic E-state index is 12.4. The molecule has 1 atom stereocenters. The number of alkyl halides is 3. The third-order valence-electron chi connectivity index (χ3n) is 3.01. The normalized spacial score (nSPS) is 21.8. The van der Waals surface area contributed by atoms with Crippen LogP contribution in [0, 0.1) is 0 Å². The molecular weight excluding hydrogens is 281 g/mol. The molecule has 1 aromatic carbocycles. The fraction of sp³-hybridized carbons (Fsp3) is 0.455. The average Bonchev–Trinajstić information content (AvgIpc) is 2.76. The number of nitrogens with two attached hydrogens (primary N) is 1. The monoisotopic (exact) mass is 294 g/mol. The minimum absolute atomic E-state index is 0.144. The minimum atomic E-state index is -4.47. The van der Waals surface area contributed by atoms with E-state index in [0.717, 1.165) is 24.3 Å². The summed E-state index contributed by atoms with van der Waals surface area (Å²) in [5.41, 5.74) is 4.76. The Morgan fingerprint density at radius 2 is 1.79 bits per heavy atom. The molecule has 1 aromatic rings. The van der Waals surface area contributed by atoms with E-state index in [2.05, 4.69) is 0 Å². The van der Waals surface area contributed by atoms with Gasteiger partial charge in [-0.05, 0) is 30.7 Å². The van der Waals surface area contributed by atoms with Gasteiger partial charge in [0, 0.05) is 19.1 Å². The zero-order valence-electron chi connectivity index (χ0n) is 9.89. The van der Waals surface area contributed by atoms with Gasteiger partial charge in [0.15, 0.2) is 0 Å². The largest absolute Gasteiger partial charge is 0.416 e. The fourth-order valence-electron chi connectivity index (χ4n) is 1.94. The summed E-state index contributed by atoms with van der Waals surface area (Å²) >= 11 is 0. The van der Waals surface area contributed by atoms with Gasteiger partial charge in [0.05, 0.1) is 10.5 Å². The van der Waals surface area contributed by atoms with Gasteiger partial charge in [0.1, 0.15) is 0 Å². The minimum Gasteiger partial charge on any atom is -0.326 e. The van der Waals surface area contributed by atoms with Gasteiger partial charge in [-0.15, -0.1) is 0 Å². The Labute approximate surface area is 109 Å². The maximum atomic E-state index is 12.4. The molecule has 19 heavy (non-hydrogen) atoms. The molecule has 8 heteroatoms. The van der Waals surface area contributed by atoms with Gasteiger partial charge in [-0.2, -0.15) is 17.5 Å². The second-order valence-corrected chi connectivity index (χ2v) is 6.37. The van der Waals surface area contributed by atoms with Crippen molar-refractivity contribution in [2.45, 2.75) is 23.5 Å². The summed E-state index contributed by atoms with van der Waals surface area (Å²) < 4.78 is 62.6. The van der Waals surface area contributed by atoms with E-state index in [1.54, 1.807) is 0 Å². The predicted molar refractivity (Wildman–Crippen MR) is 62.8 cm³/mol. The van der Waals surface area contributed by atoms with Crippen molar-refractivity contribution in [1.29, 1.82) is 0 Å². The van der Waals surface area contributed by atoms with Gasteiger partial charge >= 0.3 is 6.18 Å². The van der Waals surface area contributed by atoms with Crippen molar-refractivity contribution in [3.63, 3.8) is 0 Å². The first-order valence-corrected chi connectivity index (χ1v) is 7.08. The Morgan fingerprint density at radius 3 is 2.21 bits per heavy atom. The average molecular weight is 294 g/mol. The molecule has 106 valence electrons. The quantitative estimate of drug-likeness (QED) is 0.897. The third-order valence-corrected chi connectivity index (χ3v) is 4.89. The van der Waals surface area contributed by atoms with E-state index in [1.165, 1.54) is 4.31 Å². The van der Waals surface area contributed by atoms with Crippen LogP contribution in [0.3, 0.4) is 0 Å². The smallest absolute Gasteiger partial charge is 0.326 e. The van der Waals surface area contributed by atoms with E-state index >= 15 is 0 Å². The number of sulfonamides is 1. The number of hydrogen-bond acceptors (Lipinski definition) is 3. The Hall–Kier alpha value is -1.12. The van der Waals surface area contributed by atoms with Crippen molar-refractivity contribution in [3.8, 4) is 0 Å². The van der Waals surface area contributed by atoms with E-state index in [9.17, 15) is 21.6 Å². The first-order chi connectivity index (χ1) is 8.71. The molecule has 0 saturated carbocycles. The van der Waals surface area contributed by atoms with Crippen molar-refractivity contribution >= 4 is 10.0 Å². The molecule has 2 rings (SSSR count). The predicted octanol–water partition coefficient (Wildman–Crippen LogP) is 1.43. The molecule has 1 fully saturated rings. The van der Waals surface area contributed by atoms with E-state index in [1.807, 2.05) is 0 Å². The lowest BCUT2D eigenvalue weighted by atomic mass is 10.2. The van der Waals surface area contributed by atoms with Crippen LogP contribution >= 0.6 is 0 Å². The van der Waals surface area contributed by atoms with Gasteiger partial charge in [0.25, 0.3) is 0 Å². The van der Waals surface area contributed by atoms with Crippen molar-refractivity contribution in [1.82, 2.24) is 4.31 Å². The molecule has 4 nitrogen and oxygen atoms in total. The summed E-state index contributed by atoms with van der Waals surface area (Å²) in [5.74, 6) is 0. The number of hydrogen-bond donors (Lipinski definition) is 1. The Balaban J connectivity index is 2.27. The zero-order chi connectivity index (χ0) is 14.3. The van der Waals surface area contributed by atoms with Gasteiger partial charge < -0.3 is 5.73 Å². The molecule has 0 radical (unpaired) electrons. The van der Waals surface area contributed by atoms with Crippen LogP contribution in [0.1, 0.15) is 12.0 Å². The van der Waals surface area contributed by atoms with E-state index in [0.29, 0.717) is 13.0 Å². The molecule has 0 aliphatic carbocycles. The molecular formula is C11H13F3N2O2S. The number of halogens is 3. The molecule has 1 saturated heterocycles. The van der Waals surface area contributed by atoms with Crippen molar-refractivity contribution in [3.05, 3.63) is 29.8 Å². The first-order valence-electron chi connectivity index (χ1n) is 5.64. The summed E-state index contributed by atoms with van der Waals surface area (Å²) in [7, 11) is -3.75. The Kier molecular flexibility index (Phi) is 3.59. The molecule has 1 aliphatic rings. The molecule has 0 amide bonds. The molecule has 0 spiro atoms. The molecule has 0 bridgehead atoms. The number of benzene rings is 1. The van der Waals surface area contributed by atoms with Crippen LogP contribution in [0.25, 0.3) is 0 Å². The van der Waals surface area contributed by atoms with Crippen molar-refractivity contribution in [2.75, 3.05) is 13.1 Å². The number of nitrogens with zero attached hydrogens (tertiary/aromatic N) is 1. The Bertz CT molecular complexity index is 554. The van der Waals surface area contributed by atoms with Gasteiger partial charge in [-0.25, -0.2) is 8.42 Å². The van der Waals surface area contributed by atoms with Gasteiger partial charge in [-0.3, -0.25) is 0 Å². The standard InChI is InChI=1S/C11H13F3N2O2S/c12-11(13,14)8-1-3-10(4-2-8)19(17,18)16-6-5-9(15)7-16/h1-4,9H,5-7,15H2/t9-/m1/s1. The van der Waals surface area contributed by atoms with Crippen molar-refractivity contribution < 1.29 is 21.6 Å². The third kappa shape index (κ3) is 2.90. The second-order valence-electron chi connectivity index (χ2n) is 4.43. The highest BCUT2D eigenvalue weighted by Gasteiger charge is 2.33. The lowest BCUT2D eigenvalue weighted by Gasteiger charge is -2.16. The van der Waals surface area contributed by atoms with E-state index < -0.39 is 21.8 Å². The lowest BCUT2D eigenvalue weighted by Crippen LogP contribution is -2.32. The van der Waals surface area contributed by atoms with Gasteiger partial charge in [0.2, 0.25) is 10.0 Å². The summed E-state index contributed by atoms with van der Waals surface area (Å²) in [6.07, 6.45) is -3.92. The van der Waals surface area contributed by atoms with Crippen LogP contribution in [-0.4, -0.2) is 31.9 Å². The molecule has 0 unspecified atom stereocenters. The maximum Gasteiger partial charge on any atom is 0.416 e. The topological polar surface area (TPSA) is 63.4 Å². The molecule has 1 heterocycles. The van der Waals surface area contributed by atoms with Crippen LogP contribution < -0.4 is 5.73 Å². The lowest BCUT2D eigenvalue weighted by molar-refractivity contribution is -0.137. The van der Waals surface area contributed by atoms with E-state index in [4.69, 9.17) is 5.73 Å². The molecule has 2 N–H and O–H groups in total. The summed E-state index contributed by atoms with van der Waals surface area (Å²) in [6, 6.07) is 3.26. The van der Waals surface area contributed by atoms with Crippen LogP contribution in [0.15, 0.2) is 29.2 Å². The van der Waals surface area contributed by atoms with Crippen LogP contribution in [0.2, 0.25) is 0 Å². The fourth-order valence-corrected chi connectivity index (χ4v) is 3.45. The first kappa shape index (κ1) is 14.3. The second kappa shape index (κ2) is 4.77. The molecule has 1 aliphatic heterocycles. The zero-order valence-corrected chi connectivity index (χ0v) is 10.7. The summed E-state index contributed by atoms with van der Waals surface area (Å²) in [4.78, 5) is -0.144. The highest BCUT2D eigenvalue weighted by molar-refractivity contribution is 7.89. The highest BCUT2D eigenvalue weighted by atomic mass is 32.2. The SMILES string of the molecule is N[C@@H]1CCN(S(=O)(=O)c2ccc(C(F)(F)F)cc2)C1.